The molecule has 1 amide bonds. The Bertz CT molecular complexity index is 791. The lowest BCUT2D eigenvalue weighted by molar-refractivity contribution is 0.00578. The highest BCUT2D eigenvalue weighted by Crippen LogP contribution is 2.39. The molecule has 4 rings (SSSR count). The van der Waals surface area contributed by atoms with E-state index in [1.807, 2.05) is 27.0 Å². The number of alkyl carbamates (subject to hydrolysis) is 1. The molecule has 2 bridgehead atoms. The summed E-state index contributed by atoms with van der Waals surface area (Å²) in [5, 5.41) is 3.07. The average molecular weight is 429 g/mol. The van der Waals surface area contributed by atoms with Crippen LogP contribution in [0.5, 0.6) is 0 Å². The zero-order valence-corrected chi connectivity index (χ0v) is 19.9. The first-order valence-electron chi connectivity index (χ1n) is 11.4. The van der Waals surface area contributed by atoms with Gasteiger partial charge < -0.3 is 24.3 Å². The van der Waals surface area contributed by atoms with Crippen LogP contribution in [0.3, 0.4) is 0 Å². The zero-order chi connectivity index (χ0) is 22.6. The van der Waals surface area contributed by atoms with Crippen molar-refractivity contribution in [1.29, 1.82) is 0 Å². The molecule has 0 saturated carbocycles. The van der Waals surface area contributed by atoms with Crippen LogP contribution in [0.25, 0.3) is 0 Å². The van der Waals surface area contributed by atoms with Crippen LogP contribution in [0.4, 0.5) is 10.6 Å². The van der Waals surface area contributed by atoms with Gasteiger partial charge in [-0.15, -0.1) is 0 Å². The average Bonchev–Trinajstić information content (AvgIpc) is 3.02. The van der Waals surface area contributed by atoms with Crippen molar-refractivity contribution in [2.75, 3.05) is 4.90 Å². The third-order valence-corrected chi connectivity index (χ3v) is 7.01. The molecule has 3 aliphatic heterocycles. The fourth-order valence-electron chi connectivity index (χ4n) is 4.81. The van der Waals surface area contributed by atoms with Crippen LogP contribution in [0.2, 0.25) is 0 Å². The standard InChI is InChI=1S/C23H36BN3O4/c1-21(2,3)29-20(28)26-16-12-17-9-10-18(13-16)27(17)19-11-8-15(14-25-19)24-30-22(4,5)23(6,7)31-24/h8,11,14,16-18H,9-10,12-13H2,1-7H3,(H,26,28)/t16-,17-,18?/m1/s1. The number of nitrogens with one attached hydrogen (secondary N) is 1. The summed E-state index contributed by atoms with van der Waals surface area (Å²) in [7, 11) is -0.396. The smallest absolute Gasteiger partial charge is 0.444 e. The van der Waals surface area contributed by atoms with Crippen molar-refractivity contribution in [3.63, 3.8) is 0 Å². The topological polar surface area (TPSA) is 72.9 Å². The summed E-state index contributed by atoms with van der Waals surface area (Å²) in [5.74, 6) is 0.989. The molecule has 8 heteroatoms. The number of pyridine rings is 1. The number of aromatic nitrogens is 1. The van der Waals surface area contributed by atoms with E-state index in [4.69, 9.17) is 19.0 Å². The molecule has 1 unspecified atom stereocenters. The SMILES string of the molecule is CC(C)(C)OC(=O)N[C@H]1CC2CC[C@H](C1)N2c1ccc(B2OC(C)(C)C(C)(C)O2)cn1. The third kappa shape index (κ3) is 4.56. The molecular formula is C23H36BN3O4. The number of carbonyl (C=O) groups is 1. The van der Waals surface area contributed by atoms with E-state index in [0.29, 0.717) is 12.1 Å². The minimum atomic E-state index is -0.480. The van der Waals surface area contributed by atoms with Crippen LogP contribution >= 0.6 is 0 Å². The van der Waals surface area contributed by atoms with E-state index < -0.39 is 12.7 Å². The molecular weight excluding hydrogens is 393 g/mol. The minimum absolute atomic E-state index is 0.146. The first-order valence-corrected chi connectivity index (χ1v) is 11.4. The van der Waals surface area contributed by atoms with Gasteiger partial charge in [-0.1, -0.05) is 6.07 Å². The number of anilines is 1. The second-order valence-corrected chi connectivity index (χ2v) is 11.1. The minimum Gasteiger partial charge on any atom is -0.444 e. The Morgan fingerprint density at radius 1 is 1.13 bits per heavy atom. The number of carbonyl (C=O) groups excluding carboxylic acids is 1. The molecule has 0 aliphatic carbocycles. The van der Waals surface area contributed by atoms with E-state index in [1.54, 1.807) is 0 Å². The first kappa shape index (κ1) is 22.4. The molecule has 4 heterocycles. The molecule has 3 aliphatic rings. The van der Waals surface area contributed by atoms with Gasteiger partial charge in [0.1, 0.15) is 11.4 Å². The fraction of sp³-hybridized carbons (Fsp3) is 0.739. The van der Waals surface area contributed by atoms with Crippen LogP contribution in [-0.4, -0.2) is 53.1 Å². The molecule has 170 valence electrons. The van der Waals surface area contributed by atoms with Crippen molar-refractivity contribution in [2.24, 2.45) is 0 Å². The van der Waals surface area contributed by atoms with E-state index in [2.05, 4.69) is 50.0 Å². The van der Waals surface area contributed by atoms with Crippen molar-refractivity contribution in [3.05, 3.63) is 18.3 Å². The van der Waals surface area contributed by atoms with Crippen LogP contribution < -0.4 is 15.7 Å². The predicted octanol–water partition coefficient (Wildman–Crippen LogP) is 3.41. The summed E-state index contributed by atoms with van der Waals surface area (Å²) in [6.07, 6.45) is 5.62. The molecule has 0 radical (unpaired) electrons. The molecule has 0 spiro atoms. The Morgan fingerprint density at radius 2 is 1.71 bits per heavy atom. The summed E-state index contributed by atoms with van der Waals surface area (Å²) in [4.78, 5) is 19.4. The third-order valence-electron chi connectivity index (χ3n) is 7.01. The van der Waals surface area contributed by atoms with E-state index in [0.717, 1.165) is 37.0 Å². The first-order chi connectivity index (χ1) is 14.3. The Morgan fingerprint density at radius 3 is 2.19 bits per heavy atom. The van der Waals surface area contributed by atoms with E-state index in [1.165, 1.54) is 0 Å². The van der Waals surface area contributed by atoms with Gasteiger partial charge in [0.15, 0.2) is 0 Å². The van der Waals surface area contributed by atoms with Crippen LogP contribution in [0.15, 0.2) is 18.3 Å². The van der Waals surface area contributed by atoms with E-state index in [9.17, 15) is 4.79 Å². The zero-order valence-electron chi connectivity index (χ0n) is 19.9. The maximum atomic E-state index is 12.2. The lowest BCUT2D eigenvalue weighted by Gasteiger charge is -2.40. The number of hydrogen-bond acceptors (Lipinski definition) is 6. The highest BCUT2D eigenvalue weighted by atomic mass is 16.7. The maximum absolute atomic E-state index is 12.2. The Kier molecular flexibility index (Phi) is 5.53. The molecule has 3 atom stereocenters. The number of amides is 1. The van der Waals surface area contributed by atoms with Crippen LogP contribution in [-0.2, 0) is 14.0 Å². The van der Waals surface area contributed by atoms with Crippen LogP contribution in [0, 0.1) is 0 Å². The molecule has 31 heavy (non-hydrogen) atoms. The van der Waals surface area contributed by atoms with Crippen molar-refractivity contribution in [2.45, 2.75) is 109 Å². The molecule has 1 N–H and O–H groups in total. The van der Waals surface area contributed by atoms with E-state index >= 15 is 0 Å². The van der Waals surface area contributed by atoms with Gasteiger partial charge in [0.25, 0.3) is 0 Å². The van der Waals surface area contributed by atoms with Gasteiger partial charge in [-0.2, -0.15) is 0 Å². The van der Waals surface area contributed by atoms with Crippen molar-refractivity contribution in [3.8, 4) is 0 Å². The van der Waals surface area contributed by atoms with Gasteiger partial charge in [0.05, 0.1) is 11.2 Å². The second-order valence-electron chi connectivity index (χ2n) is 11.1. The molecule has 3 fully saturated rings. The van der Waals surface area contributed by atoms with Gasteiger partial charge in [-0.3, -0.25) is 0 Å². The largest absolute Gasteiger partial charge is 0.496 e. The summed E-state index contributed by atoms with van der Waals surface area (Å²) in [6.45, 7) is 13.9. The fourth-order valence-corrected chi connectivity index (χ4v) is 4.81. The maximum Gasteiger partial charge on any atom is 0.496 e. The number of fused-ring (bicyclic) bond motifs is 2. The van der Waals surface area contributed by atoms with Crippen molar-refractivity contribution in [1.82, 2.24) is 10.3 Å². The summed E-state index contributed by atoms with van der Waals surface area (Å²) < 4.78 is 17.7. The quantitative estimate of drug-likeness (QED) is 0.743. The van der Waals surface area contributed by atoms with Gasteiger partial charge in [0, 0.05) is 29.8 Å². The van der Waals surface area contributed by atoms with E-state index in [-0.39, 0.29) is 23.3 Å². The molecule has 0 aromatic carbocycles. The summed E-state index contributed by atoms with van der Waals surface area (Å²) in [6, 6.07) is 5.05. The molecule has 7 nitrogen and oxygen atoms in total. The number of hydrogen-bond donors (Lipinski definition) is 1. The predicted molar refractivity (Wildman–Crippen MR) is 122 cm³/mol. The van der Waals surface area contributed by atoms with Gasteiger partial charge >= 0.3 is 13.2 Å². The normalized spacial score (nSPS) is 29.2. The highest BCUT2D eigenvalue weighted by Gasteiger charge is 2.52. The molecule has 1 aromatic heterocycles. The number of piperidine rings is 1. The Labute approximate surface area is 186 Å². The Hall–Kier alpha value is -1.80. The van der Waals surface area contributed by atoms with Gasteiger partial charge in [-0.05, 0) is 80.2 Å². The van der Waals surface area contributed by atoms with Crippen molar-refractivity contribution < 1.29 is 18.8 Å². The van der Waals surface area contributed by atoms with Crippen LogP contribution in [0.1, 0.15) is 74.1 Å². The lowest BCUT2D eigenvalue weighted by Crippen LogP contribution is -2.51. The van der Waals surface area contributed by atoms with Gasteiger partial charge in [0.2, 0.25) is 0 Å². The monoisotopic (exact) mass is 429 g/mol. The lowest BCUT2D eigenvalue weighted by atomic mass is 9.80. The second kappa shape index (κ2) is 7.66. The number of ether oxygens (including phenoxy) is 1. The Balaban J connectivity index is 1.40. The van der Waals surface area contributed by atoms with Gasteiger partial charge in [-0.25, -0.2) is 9.78 Å². The number of rotatable bonds is 3. The highest BCUT2D eigenvalue weighted by molar-refractivity contribution is 6.62. The number of nitrogens with zero attached hydrogens (tertiary/aromatic N) is 2. The summed E-state index contributed by atoms with van der Waals surface area (Å²) >= 11 is 0. The molecule has 3 saturated heterocycles. The summed E-state index contributed by atoms with van der Waals surface area (Å²) in [5.41, 5.74) is -0.264. The van der Waals surface area contributed by atoms with Crippen molar-refractivity contribution >= 4 is 24.5 Å². The molecule has 1 aromatic rings.